The van der Waals surface area contributed by atoms with Crippen LogP contribution in [-0.2, 0) is 17.8 Å². The van der Waals surface area contributed by atoms with Gasteiger partial charge in [-0.3, -0.25) is 4.79 Å². The van der Waals surface area contributed by atoms with Crippen LogP contribution in [0.2, 0.25) is 0 Å². The fraction of sp³-hybridized carbons (Fsp3) is 0.409. The van der Waals surface area contributed by atoms with E-state index in [0.717, 1.165) is 29.2 Å². The lowest BCUT2D eigenvalue weighted by atomic mass is 10.1. The summed E-state index contributed by atoms with van der Waals surface area (Å²) in [5.41, 5.74) is 1.97. The highest BCUT2D eigenvalue weighted by molar-refractivity contribution is 5.79. The topological polar surface area (TPSA) is 51.2 Å². The second-order valence-corrected chi connectivity index (χ2v) is 7.51. The summed E-state index contributed by atoms with van der Waals surface area (Å²) in [4.78, 5) is 17.3. The van der Waals surface area contributed by atoms with Gasteiger partial charge in [0.1, 0.15) is 25.6 Å². The molecule has 0 N–H and O–H groups in total. The molecule has 0 spiro atoms. The zero-order valence-electron chi connectivity index (χ0n) is 16.4. The standard InChI is InChI=1S/C22H26N2O4/c1-23(2)14-18-15-28-19-6-4-3-5-17(19)13-24(18)22(25)12-16-7-8-20-21(11-16)27-10-9-26-20/h3-8,11,18H,9-10,12-15H2,1-2H3. The van der Waals surface area contributed by atoms with Gasteiger partial charge in [-0.25, -0.2) is 0 Å². The summed E-state index contributed by atoms with van der Waals surface area (Å²) in [5.74, 6) is 2.40. The maximum atomic E-state index is 13.3. The molecule has 4 rings (SSSR count). The summed E-state index contributed by atoms with van der Waals surface area (Å²) in [7, 11) is 4.03. The minimum Gasteiger partial charge on any atom is -0.491 e. The molecule has 2 heterocycles. The van der Waals surface area contributed by atoms with Crippen molar-refractivity contribution in [3.05, 3.63) is 53.6 Å². The first-order valence-electron chi connectivity index (χ1n) is 9.63. The number of ether oxygens (including phenoxy) is 3. The highest BCUT2D eigenvalue weighted by Gasteiger charge is 2.29. The third-order valence-electron chi connectivity index (χ3n) is 5.04. The van der Waals surface area contributed by atoms with E-state index in [1.54, 1.807) is 0 Å². The highest BCUT2D eigenvalue weighted by Crippen LogP contribution is 2.31. The van der Waals surface area contributed by atoms with E-state index >= 15 is 0 Å². The zero-order chi connectivity index (χ0) is 19.5. The van der Waals surface area contributed by atoms with E-state index in [4.69, 9.17) is 14.2 Å². The van der Waals surface area contributed by atoms with Crippen LogP contribution >= 0.6 is 0 Å². The van der Waals surface area contributed by atoms with E-state index in [9.17, 15) is 4.79 Å². The number of amides is 1. The third kappa shape index (κ3) is 4.07. The van der Waals surface area contributed by atoms with Gasteiger partial charge in [-0.05, 0) is 37.9 Å². The second kappa shape index (κ2) is 8.10. The number of nitrogens with zero attached hydrogens (tertiary/aromatic N) is 2. The normalized spacial score (nSPS) is 18.2. The van der Waals surface area contributed by atoms with Gasteiger partial charge < -0.3 is 24.0 Å². The Kier molecular flexibility index (Phi) is 5.39. The van der Waals surface area contributed by atoms with Crippen molar-refractivity contribution in [1.82, 2.24) is 9.80 Å². The van der Waals surface area contributed by atoms with Crippen molar-refractivity contribution in [3.8, 4) is 17.2 Å². The number of carbonyl (C=O) groups is 1. The van der Waals surface area contributed by atoms with Gasteiger partial charge in [0.15, 0.2) is 11.5 Å². The van der Waals surface area contributed by atoms with E-state index in [2.05, 4.69) is 4.90 Å². The third-order valence-corrected chi connectivity index (χ3v) is 5.04. The molecule has 0 aromatic heterocycles. The minimum absolute atomic E-state index is 0.00731. The molecule has 148 valence electrons. The quantitative estimate of drug-likeness (QED) is 0.813. The van der Waals surface area contributed by atoms with E-state index in [0.29, 0.717) is 38.5 Å². The van der Waals surface area contributed by atoms with Crippen molar-refractivity contribution in [3.63, 3.8) is 0 Å². The molecule has 1 unspecified atom stereocenters. The Labute approximate surface area is 165 Å². The SMILES string of the molecule is CN(C)CC1COc2ccccc2CN1C(=O)Cc1ccc2c(c1)OCCO2. The van der Waals surface area contributed by atoms with E-state index in [1.807, 2.05) is 61.5 Å². The van der Waals surface area contributed by atoms with Crippen molar-refractivity contribution in [1.29, 1.82) is 0 Å². The molecule has 2 aromatic rings. The summed E-state index contributed by atoms with van der Waals surface area (Å²) in [6.07, 6.45) is 0.322. The number of hydrogen-bond donors (Lipinski definition) is 0. The summed E-state index contributed by atoms with van der Waals surface area (Å²) < 4.78 is 17.2. The molecule has 0 saturated heterocycles. The monoisotopic (exact) mass is 382 g/mol. The molecule has 2 aromatic carbocycles. The predicted molar refractivity (Wildman–Crippen MR) is 106 cm³/mol. The number of rotatable bonds is 4. The van der Waals surface area contributed by atoms with Gasteiger partial charge in [0.2, 0.25) is 5.91 Å². The maximum Gasteiger partial charge on any atom is 0.227 e. The Balaban J connectivity index is 1.55. The fourth-order valence-corrected chi connectivity index (χ4v) is 3.70. The summed E-state index contributed by atoms with van der Waals surface area (Å²) in [5, 5.41) is 0. The van der Waals surface area contributed by atoms with Crippen LogP contribution in [0.15, 0.2) is 42.5 Å². The van der Waals surface area contributed by atoms with Crippen molar-refractivity contribution in [2.24, 2.45) is 0 Å². The van der Waals surface area contributed by atoms with Gasteiger partial charge >= 0.3 is 0 Å². The molecule has 0 saturated carbocycles. The molecule has 0 bridgehead atoms. The molecule has 2 aliphatic heterocycles. The predicted octanol–water partition coefficient (Wildman–Crippen LogP) is 2.35. The summed E-state index contributed by atoms with van der Waals surface area (Å²) in [6, 6.07) is 13.7. The molecular formula is C22H26N2O4. The number of carbonyl (C=O) groups excluding carboxylic acids is 1. The number of likely N-dealkylation sites (N-methyl/N-ethyl adjacent to an activating group) is 1. The second-order valence-electron chi connectivity index (χ2n) is 7.51. The molecule has 0 radical (unpaired) electrons. The van der Waals surface area contributed by atoms with Crippen molar-refractivity contribution in [2.75, 3.05) is 40.5 Å². The van der Waals surface area contributed by atoms with Crippen molar-refractivity contribution in [2.45, 2.75) is 19.0 Å². The van der Waals surface area contributed by atoms with Gasteiger partial charge in [0.05, 0.1) is 12.5 Å². The van der Waals surface area contributed by atoms with Gasteiger partial charge in [0.25, 0.3) is 0 Å². The Morgan fingerprint density at radius 1 is 1.04 bits per heavy atom. The van der Waals surface area contributed by atoms with Crippen LogP contribution in [0.25, 0.3) is 0 Å². The summed E-state index contributed by atoms with van der Waals surface area (Å²) in [6.45, 7) is 2.89. The Bertz CT molecular complexity index is 852. The van der Waals surface area contributed by atoms with Gasteiger partial charge in [-0.1, -0.05) is 24.3 Å². The van der Waals surface area contributed by atoms with Crippen LogP contribution < -0.4 is 14.2 Å². The Hall–Kier alpha value is -2.73. The molecule has 1 amide bonds. The lowest BCUT2D eigenvalue weighted by Gasteiger charge is -2.31. The Morgan fingerprint density at radius 3 is 2.64 bits per heavy atom. The van der Waals surface area contributed by atoms with Crippen LogP contribution in [0.5, 0.6) is 17.2 Å². The van der Waals surface area contributed by atoms with Crippen LogP contribution in [0.4, 0.5) is 0 Å². The smallest absolute Gasteiger partial charge is 0.227 e. The van der Waals surface area contributed by atoms with Gasteiger partial charge in [-0.2, -0.15) is 0 Å². The van der Waals surface area contributed by atoms with Crippen molar-refractivity contribution >= 4 is 5.91 Å². The Morgan fingerprint density at radius 2 is 1.82 bits per heavy atom. The fourth-order valence-electron chi connectivity index (χ4n) is 3.70. The molecule has 0 fully saturated rings. The number of benzene rings is 2. The van der Waals surface area contributed by atoms with E-state index < -0.39 is 0 Å². The van der Waals surface area contributed by atoms with E-state index in [1.165, 1.54) is 0 Å². The maximum absolute atomic E-state index is 13.3. The highest BCUT2D eigenvalue weighted by atomic mass is 16.6. The molecule has 28 heavy (non-hydrogen) atoms. The lowest BCUT2D eigenvalue weighted by Crippen LogP contribution is -2.47. The first kappa shape index (κ1) is 18.6. The molecule has 2 aliphatic rings. The average Bonchev–Trinajstić information content (AvgIpc) is 2.87. The molecule has 1 atom stereocenters. The molecule has 0 aliphatic carbocycles. The minimum atomic E-state index is -0.00731. The first-order valence-corrected chi connectivity index (χ1v) is 9.63. The van der Waals surface area contributed by atoms with Crippen LogP contribution in [0.3, 0.4) is 0 Å². The largest absolute Gasteiger partial charge is 0.491 e. The number of fused-ring (bicyclic) bond motifs is 2. The average molecular weight is 382 g/mol. The summed E-state index contributed by atoms with van der Waals surface area (Å²) >= 11 is 0. The molecular weight excluding hydrogens is 356 g/mol. The first-order chi connectivity index (χ1) is 13.6. The molecule has 6 nitrogen and oxygen atoms in total. The van der Waals surface area contributed by atoms with Crippen LogP contribution in [0, 0.1) is 0 Å². The lowest BCUT2D eigenvalue weighted by molar-refractivity contribution is -0.134. The molecule has 6 heteroatoms. The van der Waals surface area contributed by atoms with Crippen LogP contribution in [0.1, 0.15) is 11.1 Å². The van der Waals surface area contributed by atoms with Crippen molar-refractivity contribution < 1.29 is 19.0 Å². The van der Waals surface area contributed by atoms with Crippen LogP contribution in [-0.4, -0.2) is 62.2 Å². The van der Waals surface area contributed by atoms with Gasteiger partial charge in [-0.15, -0.1) is 0 Å². The van der Waals surface area contributed by atoms with Gasteiger partial charge in [0, 0.05) is 18.7 Å². The number of para-hydroxylation sites is 1. The number of hydrogen-bond acceptors (Lipinski definition) is 5. The van der Waals surface area contributed by atoms with E-state index in [-0.39, 0.29) is 11.9 Å². The zero-order valence-corrected chi connectivity index (χ0v) is 16.4.